The van der Waals surface area contributed by atoms with E-state index in [4.69, 9.17) is 25.1 Å². The number of aryl methyl sites for hydroxylation is 1. The summed E-state index contributed by atoms with van der Waals surface area (Å²) in [5.41, 5.74) is 9.49. The maximum absolute atomic E-state index is 12.4. The third-order valence-corrected chi connectivity index (χ3v) is 7.92. The molecule has 5 N–H and O–H groups in total. The first-order valence-corrected chi connectivity index (χ1v) is 19.2. The van der Waals surface area contributed by atoms with Crippen LogP contribution in [0.2, 0.25) is 0 Å². The van der Waals surface area contributed by atoms with E-state index in [1.54, 1.807) is 32.6 Å². The number of unbranched alkanes of at least 4 members (excludes halogenated alkanes) is 1. The number of amides is 5. The van der Waals surface area contributed by atoms with Crippen LogP contribution in [0.4, 0.5) is 4.79 Å². The summed E-state index contributed by atoms with van der Waals surface area (Å²) >= 11 is 0. The van der Waals surface area contributed by atoms with Gasteiger partial charge in [-0.05, 0) is 98.6 Å². The Kier molecular flexibility index (Phi) is 30.0. The Morgan fingerprint density at radius 3 is 1.94 bits per heavy atom. The van der Waals surface area contributed by atoms with E-state index in [1.807, 2.05) is 65.5 Å². The lowest BCUT2D eigenvalue weighted by molar-refractivity contribution is -0.141. The van der Waals surface area contributed by atoms with Crippen LogP contribution in [0, 0.1) is 0 Å². The molecule has 1 aromatic carbocycles. The normalized spacial score (nSPS) is 13.1. The lowest BCUT2D eigenvalue weighted by Gasteiger charge is -2.38. The van der Waals surface area contributed by atoms with Crippen LogP contribution in [-0.2, 0) is 35.1 Å². The topological polar surface area (TPSA) is 203 Å². The summed E-state index contributed by atoms with van der Waals surface area (Å²) in [6.45, 7) is 23.7. The first-order chi connectivity index (χ1) is 25.3. The van der Waals surface area contributed by atoms with Crippen LogP contribution >= 0.6 is 0 Å². The van der Waals surface area contributed by atoms with Crippen LogP contribution in [0.25, 0.3) is 0 Å². The second-order valence-corrected chi connectivity index (χ2v) is 13.7. The van der Waals surface area contributed by atoms with Crippen LogP contribution in [0.1, 0.15) is 133 Å². The third kappa shape index (κ3) is 24.1. The van der Waals surface area contributed by atoms with E-state index in [0.717, 1.165) is 44.7 Å². The lowest BCUT2D eigenvalue weighted by atomic mass is 9.96. The lowest BCUT2D eigenvalue weighted by Crippen LogP contribution is -2.50. The largest absolute Gasteiger partial charge is 0.493 e. The molecule has 0 saturated carbocycles. The monoisotopic (exact) mass is 768 g/mol. The molecule has 312 valence electrons. The number of nitrogens with two attached hydrogens (primary N) is 2. The maximum atomic E-state index is 12.4. The van der Waals surface area contributed by atoms with Gasteiger partial charge in [-0.25, -0.2) is 4.79 Å². The fourth-order valence-electron chi connectivity index (χ4n) is 5.15. The van der Waals surface area contributed by atoms with Crippen molar-refractivity contribution in [3.8, 4) is 5.75 Å². The Hall–Kier alpha value is -4.36. The minimum absolute atomic E-state index is 0.00268. The van der Waals surface area contributed by atoms with Crippen molar-refractivity contribution in [3.63, 3.8) is 0 Å². The minimum atomic E-state index is -0.832. The highest BCUT2D eigenvalue weighted by atomic mass is 16.6. The van der Waals surface area contributed by atoms with Crippen molar-refractivity contribution < 1.29 is 43.3 Å². The Bertz CT molecular complexity index is 1200. The molecule has 1 saturated heterocycles. The Labute approximate surface area is 325 Å². The molecular formula is C40H73N5O9. The molecule has 14 heteroatoms. The molecule has 14 nitrogen and oxygen atoms in total. The van der Waals surface area contributed by atoms with Gasteiger partial charge < -0.3 is 35.8 Å². The zero-order valence-electron chi connectivity index (χ0n) is 35.4. The number of carbonyl (C=O) groups is 6. The number of benzene rings is 1. The van der Waals surface area contributed by atoms with E-state index in [2.05, 4.69) is 17.9 Å². The molecule has 0 aromatic heterocycles. The number of carbonyl (C=O) groups excluding carboxylic acids is 5. The van der Waals surface area contributed by atoms with Crippen LogP contribution in [0.15, 0.2) is 24.3 Å². The van der Waals surface area contributed by atoms with Gasteiger partial charge >= 0.3 is 12.1 Å². The molecule has 5 amide bonds. The van der Waals surface area contributed by atoms with Crippen molar-refractivity contribution in [1.82, 2.24) is 14.7 Å². The second-order valence-electron chi connectivity index (χ2n) is 13.7. The zero-order chi connectivity index (χ0) is 42.5. The Balaban J connectivity index is -0.000000711. The highest BCUT2D eigenvalue weighted by molar-refractivity contribution is 5.84. The predicted octanol–water partition coefficient (Wildman–Crippen LogP) is 6.16. The van der Waals surface area contributed by atoms with Gasteiger partial charge in [-0.1, -0.05) is 45.9 Å². The Morgan fingerprint density at radius 1 is 0.963 bits per heavy atom. The first kappa shape index (κ1) is 54.0. The number of para-hydroxylation sites is 1. The molecule has 3 rings (SSSR count). The van der Waals surface area contributed by atoms with Gasteiger partial charge in [0.05, 0.1) is 6.61 Å². The molecule has 1 fully saturated rings. The fraction of sp³-hybridized carbons (Fsp3) is 0.700. The molecule has 1 unspecified atom stereocenters. The highest BCUT2D eigenvalue weighted by Crippen LogP contribution is 2.24. The van der Waals surface area contributed by atoms with Crippen molar-refractivity contribution in [1.29, 1.82) is 0 Å². The average molecular weight is 768 g/mol. The number of likely N-dealkylation sites (tertiary alicyclic amines) is 1. The van der Waals surface area contributed by atoms with E-state index >= 15 is 0 Å². The number of rotatable bonds is 11. The summed E-state index contributed by atoms with van der Waals surface area (Å²) < 4.78 is 10.5. The standard InChI is InChI=1S/C17H30N2O4.C9H18N2O3.C9H10O.2C2H6.CH3NO/c1-4-19(14(20)9-5-6-10-16(22)23)17(2,3)13-15(21)18-11-7-8-12-18;1-6(7(10)12)11(5)8(13)14-9(2,3)4;1-2-6-9-8(4-1)5-3-7-10-9;2*1-2;2-1-3/h4-13H2,1-3H3,(H,22,23);6H,1-5H3,(H2,10,12);1-2,4,6H,3,5,7H2;2*1-2H3;1H,(H2,2,3). The number of hydrogen-bond acceptors (Lipinski definition) is 8. The minimum Gasteiger partial charge on any atom is -0.493 e. The Morgan fingerprint density at radius 2 is 1.48 bits per heavy atom. The van der Waals surface area contributed by atoms with Crippen molar-refractivity contribution in [2.24, 2.45) is 11.5 Å². The maximum Gasteiger partial charge on any atom is 0.410 e. The molecule has 0 bridgehead atoms. The van der Waals surface area contributed by atoms with Crippen LogP contribution in [0.3, 0.4) is 0 Å². The van der Waals surface area contributed by atoms with Crippen molar-refractivity contribution in [2.75, 3.05) is 33.3 Å². The number of likely N-dealkylation sites (N-methyl/N-ethyl adjacent to an activating group) is 1. The average Bonchev–Trinajstić information content (AvgIpc) is 3.67. The number of primary amides is 2. The molecule has 2 aliphatic rings. The molecule has 0 spiro atoms. The zero-order valence-corrected chi connectivity index (χ0v) is 35.4. The first-order valence-electron chi connectivity index (χ1n) is 19.2. The quantitative estimate of drug-likeness (QED) is 0.174. The summed E-state index contributed by atoms with van der Waals surface area (Å²) in [5, 5.41) is 8.63. The highest BCUT2D eigenvalue weighted by Gasteiger charge is 2.34. The third-order valence-electron chi connectivity index (χ3n) is 7.92. The summed E-state index contributed by atoms with van der Waals surface area (Å²) in [6.07, 6.45) is 6.00. The van der Waals surface area contributed by atoms with Gasteiger partial charge in [-0.3, -0.25) is 28.9 Å². The molecule has 0 aliphatic carbocycles. The van der Waals surface area contributed by atoms with Crippen LogP contribution in [-0.4, -0.2) is 106 Å². The van der Waals surface area contributed by atoms with E-state index in [9.17, 15) is 24.0 Å². The summed E-state index contributed by atoms with van der Waals surface area (Å²) in [4.78, 5) is 70.9. The van der Waals surface area contributed by atoms with Crippen molar-refractivity contribution in [2.45, 2.75) is 151 Å². The van der Waals surface area contributed by atoms with Gasteiger partial charge in [0.1, 0.15) is 17.4 Å². The number of hydrogen-bond donors (Lipinski definition) is 3. The second kappa shape index (κ2) is 30.0. The van der Waals surface area contributed by atoms with Gasteiger partial charge in [-0.2, -0.15) is 0 Å². The molecular weight excluding hydrogens is 694 g/mol. The van der Waals surface area contributed by atoms with Gasteiger partial charge in [0.15, 0.2) is 0 Å². The summed E-state index contributed by atoms with van der Waals surface area (Å²) in [6, 6.07) is 7.59. The van der Waals surface area contributed by atoms with Gasteiger partial charge in [0.2, 0.25) is 24.1 Å². The molecule has 1 aromatic rings. The van der Waals surface area contributed by atoms with Crippen LogP contribution < -0.4 is 16.2 Å². The summed E-state index contributed by atoms with van der Waals surface area (Å²) in [7, 11) is 1.48. The summed E-state index contributed by atoms with van der Waals surface area (Å²) in [5.74, 6) is -0.199. The number of fused-ring (bicyclic) bond motifs is 1. The molecule has 0 radical (unpaired) electrons. The number of aliphatic carboxylic acids is 1. The number of carboxylic acid groups (broad SMARTS) is 1. The SMILES string of the molecule is CC.CC.CC(C(N)=O)N(C)C(=O)OC(C)(C)C.CCN(C(=O)CCCCC(=O)O)C(C)(C)CC(=O)N1CCCC1.NC=O.c1ccc2c(c1)CCCO2. The van der Waals surface area contributed by atoms with Crippen molar-refractivity contribution >= 4 is 36.2 Å². The van der Waals surface area contributed by atoms with E-state index in [-0.39, 0.29) is 24.6 Å². The smallest absolute Gasteiger partial charge is 0.410 e. The molecule has 2 heterocycles. The van der Waals surface area contributed by atoms with E-state index < -0.39 is 35.2 Å². The van der Waals surface area contributed by atoms with Gasteiger partial charge in [0, 0.05) is 51.5 Å². The van der Waals surface area contributed by atoms with E-state index in [1.165, 1.54) is 23.9 Å². The number of nitrogens with zero attached hydrogens (tertiary/aromatic N) is 3. The molecule has 54 heavy (non-hydrogen) atoms. The van der Waals surface area contributed by atoms with Gasteiger partial charge in [-0.15, -0.1) is 0 Å². The molecule has 1 atom stereocenters. The van der Waals surface area contributed by atoms with E-state index in [0.29, 0.717) is 32.2 Å². The number of carboxylic acids is 1. The predicted molar refractivity (Wildman–Crippen MR) is 214 cm³/mol. The van der Waals surface area contributed by atoms with Gasteiger partial charge in [0.25, 0.3) is 0 Å². The van der Waals surface area contributed by atoms with Crippen LogP contribution in [0.5, 0.6) is 5.75 Å². The number of ether oxygens (including phenoxy) is 2. The molecule has 2 aliphatic heterocycles. The van der Waals surface area contributed by atoms with Crippen molar-refractivity contribution in [3.05, 3.63) is 29.8 Å². The fourth-order valence-corrected chi connectivity index (χ4v) is 5.15.